The van der Waals surface area contributed by atoms with Crippen LogP contribution in [-0.4, -0.2) is 13.7 Å². The van der Waals surface area contributed by atoms with Crippen LogP contribution in [0.25, 0.3) is 0 Å². The highest BCUT2D eigenvalue weighted by atomic mass is 79.9. The smallest absolute Gasteiger partial charge is 0.174 e. The maximum absolute atomic E-state index is 13.3. The third-order valence-electron chi connectivity index (χ3n) is 3.63. The van der Waals surface area contributed by atoms with Gasteiger partial charge in [0.2, 0.25) is 0 Å². The number of rotatable bonds is 7. The van der Waals surface area contributed by atoms with E-state index >= 15 is 0 Å². The Morgan fingerprint density at radius 3 is 2.54 bits per heavy atom. The fourth-order valence-corrected chi connectivity index (χ4v) is 3.01. The van der Waals surface area contributed by atoms with Gasteiger partial charge >= 0.3 is 0 Å². The molecule has 0 fully saturated rings. The van der Waals surface area contributed by atoms with Gasteiger partial charge in [-0.25, -0.2) is 8.78 Å². The highest BCUT2D eigenvalue weighted by Gasteiger charge is 2.13. The number of hydrogen-bond donors (Lipinski definition) is 1. The van der Waals surface area contributed by atoms with Gasteiger partial charge in [-0.3, -0.25) is 0 Å². The van der Waals surface area contributed by atoms with Crippen molar-refractivity contribution in [2.45, 2.75) is 26.4 Å². The van der Waals surface area contributed by atoms with Crippen LogP contribution in [0.2, 0.25) is 0 Å². The summed E-state index contributed by atoms with van der Waals surface area (Å²) in [5.41, 5.74) is 1.67. The summed E-state index contributed by atoms with van der Waals surface area (Å²) in [6, 6.07) is 7.63. The molecule has 24 heavy (non-hydrogen) atoms. The lowest BCUT2D eigenvalue weighted by molar-refractivity contribution is 0.309. The van der Waals surface area contributed by atoms with Crippen LogP contribution in [0.4, 0.5) is 8.78 Å². The molecule has 2 aromatic rings. The Hall–Kier alpha value is -1.66. The molecule has 0 amide bonds. The minimum atomic E-state index is -0.841. The molecule has 0 bridgehead atoms. The van der Waals surface area contributed by atoms with Crippen molar-refractivity contribution in [3.8, 4) is 11.5 Å². The first-order valence-electron chi connectivity index (χ1n) is 7.63. The van der Waals surface area contributed by atoms with Crippen molar-refractivity contribution in [3.05, 3.63) is 57.6 Å². The van der Waals surface area contributed by atoms with Gasteiger partial charge in [-0.2, -0.15) is 0 Å². The molecule has 0 saturated heterocycles. The maximum atomic E-state index is 13.3. The van der Waals surface area contributed by atoms with Gasteiger partial charge in [0.25, 0.3) is 0 Å². The number of benzene rings is 2. The molecular weight excluding hydrogens is 380 g/mol. The third-order valence-corrected chi connectivity index (χ3v) is 4.22. The summed E-state index contributed by atoms with van der Waals surface area (Å²) in [5, 5.41) is 3.29. The average molecular weight is 400 g/mol. The van der Waals surface area contributed by atoms with Crippen LogP contribution in [0.5, 0.6) is 11.5 Å². The van der Waals surface area contributed by atoms with Gasteiger partial charge < -0.3 is 14.8 Å². The Labute approximate surface area is 149 Å². The van der Waals surface area contributed by atoms with E-state index in [1.54, 1.807) is 13.2 Å². The molecule has 2 aromatic carbocycles. The third kappa shape index (κ3) is 4.45. The normalized spacial score (nSPS) is 12.1. The monoisotopic (exact) mass is 399 g/mol. The molecule has 0 heterocycles. The van der Waals surface area contributed by atoms with Crippen LogP contribution in [-0.2, 0) is 6.54 Å². The van der Waals surface area contributed by atoms with Gasteiger partial charge in [0, 0.05) is 12.6 Å². The zero-order chi connectivity index (χ0) is 17.7. The second-order valence-corrected chi connectivity index (χ2v) is 6.17. The van der Waals surface area contributed by atoms with Crippen molar-refractivity contribution in [1.82, 2.24) is 5.32 Å². The first-order valence-corrected chi connectivity index (χ1v) is 8.43. The molecule has 1 N–H and O–H groups in total. The van der Waals surface area contributed by atoms with E-state index in [4.69, 9.17) is 9.47 Å². The van der Waals surface area contributed by atoms with Crippen LogP contribution < -0.4 is 14.8 Å². The van der Waals surface area contributed by atoms with E-state index in [9.17, 15) is 8.78 Å². The Bertz CT molecular complexity index is 710. The van der Waals surface area contributed by atoms with E-state index in [0.29, 0.717) is 30.2 Å². The number of methoxy groups -OCH3 is 1. The Kier molecular flexibility index (Phi) is 6.57. The zero-order valence-electron chi connectivity index (χ0n) is 13.8. The summed E-state index contributed by atoms with van der Waals surface area (Å²) in [6.07, 6.45) is 0. The lowest BCUT2D eigenvalue weighted by Crippen LogP contribution is -2.18. The topological polar surface area (TPSA) is 30.5 Å². The number of nitrogens with one attached hydrogen (secondary N) is 1. The molecule has 0 saturated carbocycles. The Balaban J connectivity index is 2.11. The molecule has 0 spiro atoms. The van der Waals surface area contributed by atoms with Gasteiger partial charge in [0.1, 0.15) is 0 Å². The van der Waals surface area contributed by atoms with Crippen LogP contribution in [0, 0.1) is 11.6 Å². The van der Waals surface area contributed by atoms with E-state index < -0.39 is 11.6 Å². The van der Waals surface area contributed by atoms with Gasteiger partial charge in [0.15, 0.2) is 23.1 Å². The van der Waals surface area contributed by atoms with Gasteiger partial charge in [-0.1, -0.05) is 6.07 Å². The van der Waals surface area contributed by atoms with E-state index in [-0.39, 0.29) is 6.04 Å². The summed E-state index contributed by atoms with van der Waals surface area (Å²) in [4.78, 5) is 0. The molecule has 0 aliphatic rings. The molecule has 3 nitrogen and oxygen atoms in total. The Morgan fingerprint density at radius 1 is 1.17 bits per heavy atom. The first-order chi connectivity index (χ1) is 11.5. The van der Waals surface area contributed by atoms with Gasteiger partial charge in [0.05, 0.1) is 18.2 Å². The van der Waals surface area contributed by atoms with Crippen molar-refractivity contribution >= 4 is 15.9 Å². The van der Waals surface area contributed by atoms with Crippen LogP contribution >= 0.6 is 15.9 Å². The highest BCUT2D eigenvalue weighted by Crippen LogP contribution is 2.36. The maximum Gasteiger partial charge on any atom is 0.174 e. The fourth-order valence-electron chi connectivity index (χ4n) is 2.35. The first kappa shape index (κ1) is 18.7. The quantitative estimate of drug-likeness (QED) is 0.711. The molecule has 6 heteroatoms. The number of hydrogen-bond acceptors (Lipinski definition) is 3. The second-order valence-electron chi connectivity index (χ2n) is 5.32. The van der Waals surface area contributed by atoms with Crippen LogP contribution in [0.3, 0.4) is 0 Å². The molecule has 1 atom stereocenters. The summed E-state index contributed by atoms with van der Waals surface area (Å²) >= 11 is 3.47. The molecule has 0 aliphatic heterocycles. The average Bonchev–Trinajstić information content (AvgIpc) is 2.55. The van der Waals surface area contributed by atoms with E-state index in [0.717, 1.165) is 16.1 Å². The minimum absolute atomic E-state index is 0.128. The van der Waals surface area contributed by atoms with Crippen LogP contribution in [0.1, 0.15) is 31.0 Å². The number of halogens is 3. The van der Waals surface area contributed by atoms with E-state index in [2.05, 4.69) is 21.2 Å². The van der Waals surface area contributed by atoms with Crippen molar-refractivity contribution in [2.24, 2.45) is 0 Å². The molecule has 0 aliphatic carbocycles. The molecule has 2 rings (SSSR count). The van der Waals surface area contributed by atoms with Crippen molar-refractivity contribution in [1.29, 1.82) is 0 Å². The zero-order valence-corrected chi connectivity index (χ0v) is 15.4. The summed E-state index contributed by atoms with van der Waals surface area (Å²) in [5.74, 6) is -0.376. The van der Waals surface area contributed by atoms with E-state index in [1.807, 2.05) is 26.0 Å². The standard InChI is InChI=1S/C18H20BrF2NO2/c1-4-24-17-8-12(7-14(19)18(17)23-3)10-22-11(2)13-5-6-15(20)16(21)9-13/h5-9,11,22H,4,10H2,1-3H3. The summed E-state index contributed by atoms with van der Waals surface area (Å²) in [6.45, 7) is 4.88. The van der Waals surface area contributed by atoms with Crippen molar-refractivity contribution < 1.29 is 18.3 Å². The van der Waals surface area contributed by atoms with Crippen LogP contribution in [0.15, 0.2) is 34.8 Å². The predicted octanol–water partition coefficient (Wildman–Crippen LogP) is 4.99. The second kappa shape index (κ2) is 8.44. The molecule has 1 unspecified atom stereocenters. The fraction of sp³-hybridized carbons (Fsp3) is 0.333. The molecular formula is C18H20BrF2NO2. The number of ether oxygens (including phenoxy) is 2. The lowest BCUT2D eigenvalue weighted by Gasteiger charge is -2.17. The molecule has 0 radical (unpaired) electrons. The van der Waals surface area contributed by atoms with Gasteiger partial charge in [-0.15, -0.1) is 0 Å². The molecule has 0 aromatic heterocycles. The highest BCUT2D eigenvalue weighted by molar-refractivity contribution is 9.10. The van der Waals surface area contributed by atoms with Crippen molar-refractivity contribution in [3.63, 3.8) is 0 Å². The minimum Gasteiger partial charge on any atom is -0.492 e. The largest absolute Gasteiger partial charge is 0.492 e. The van der Waals surface area contributed by atoms with E-state index in [1.165, 1.54) is 6.07 Å². The Morgan fingerprint density at radius 2 is 1.92 bits per heavy atom. The van der Waals surface area contributed by atoms with Gasteiger partial charge in [-0.05, 0) is 65.2 Å². The summed E-state index contributed by atoms with van der Waals surface area (Å²) < 4.78 is 38.1. The summed E-state index contributed by atoms with van der Waals surface area (Å²) in [7, 11) is 1.59. The predicted molar refractivity (Wildman–Crippen MR) is 93.5 cm³/mol. The van der Waals surface area contributed by atoms with Crippen molar-refractivity contribution in [2.75, 3.05) is 13.7 Å². The molecule has 130 valence electrons. The lowest BCUT2D eigenvalue weighted by atomic mass is 10.1. The SMILES string of the molecule is CCOc1cc(CNC(C)c2ccc(F)c(F)c2)cc(Br)c1OC.